The first-order valence-corrected chi connectivity index (χ1v) is 16.4. The van der Waals surface area contributed by atoms with Gasteiger partial charge in [-0.15, -0.1) is 0 Å². The first-order valence-electron chi connectivity index (χ1n) is 16.4. The van der Waals surface area contributed by atoms with Gasteiger partial charge in [-0.25, -0.2) is 0 Å². The molecule has 2 heteroatoms. The van der Waals surface area contributed by atoms with Crippen LogP contribution in [0.25, 0.3) is 12.2 Å². The lowest BCUT2D eigenvalue weighted by molar-refractivity contribution is 0.817. The van der Waals surface area contributed by atoms with Crippen LogP contribution in [0.2, 0.25) is 0 Å². The standard InChI is InChI=1S/C12H14.2C11H13N.3C2H6.CH4/c1-9(2)11-7-3-5-10-6-4-8-12(10)11;1-8(2)10-5-3-4-9-6-12-7-11(9)10;1-8(2)11-10-5-3-4-9(10)6-7-12-11;3*1-2;/h3-5,7-9H,6H2,1-2H3;3-5,7-8H,6H2,1-2H3;3,5-8H,4H2,1-2H3;3*1-2H3;1H4. The maximum atomic E-state index is 4.40. The molecular formula is C41H62N2. The van der Waals surface area contributed by atoms with E-state index >= 15 is 0 Å². The minimum absolute atomic E-state index is 0. The predicted molar refractivity (Wildman–Crippen MR) is 197 cm³/mol. The minimum Gasteiger partial charge on any atom is -0.288 e. The summed E-state index contributed by atoms with van der Waals surface area (Å²) < 4.78 is 0. The molecule has 1 aromatic heterocycles. The van der Waals surface area contributed by atoms with Crippen molar-refractivity contribution in [3.8, 4) is 0 Å². The molecule has 3 aliphatic rings. The predicted octanol–water partition coefficient (Wildman–Crippen LogP) is 12.6. The van der Waals surface area contributed by atoms with Crippen LogP contribution in [0.4, 0.5) is 0 Å². The van der Waals surface area contributed by atoms with E-state index in [1.165, 1.54) is 50.2 Å². The van der Waals surface area contributed by atoms with E-state index in [0.29, 0.717) is 17.8 Å². The summed E-state index contributed by atoms with van der Waals surface area (Å²) in [5, 5.41) is 0. The number of hydrogen-bond donors (Lipinski definition) is 0. The summed E-state index contributed by atoms with van der Waals surface area (Å²) in [5.41, 5.74) is 12.6. The highest BCUT2D eigenvalue weighted by Gasteiger charge is 2.13. The van der Waals surface area contributed by atoms with Crippen LogP contribution in [-0.4, -0.2) is 11.2 Å². The maximum Gasteiger partial charge on any atom is 0.0646 e. The number of allylic oxidation sites excluding steroid dienone is 2. The summed E-state index contributed by atoms with van der Waals surface area (Å²) in [6.07, 6.45) is 15.0. The molecule has 0 N–H and O–H groups in total. The number of pyridine rings is 1. The molecule has 3 aromatic rings. The highest BCUT2D eigenvalue weighted by Crippen LogP contribution is 2.28. The molecule has 2 heterocycles. The van der Waals surface area contributed by atoms with E-state index in [-0.39, 0.29) is 7.43 Å². The molecule has 0 fully saturated rings. The van der Waals surface area contributed by atoms with Crippen molar-refractivity contribution in [3.63, 3.8) is 0 Å². The highest BCUT2D eigenvalue weighted by atomic mass is 14.7. The molecular weight excluding hydrogens is 520 g/mol. The van der Waals surface area contributed by atoms with E-state index < -0.39 is 0 Å². The molecule has 0 bridgehead atoms. The van der Waals surface area contributed by atoms with Crippen LogP contribution in [0.3, 0.4) is 0 Å². The van der Waals surface area contributed by atoms with Gasteiger partial charge in [-0.2, -0.15) is 0 Å². The Morgan fingerprint density at radius 1 is 0.558 bits per heavy atom. The fraction of sp³-hybridized carbons (Fsp3) is 0.463. The van der Waals surface area contributed by atoms with Crippen LogP contribution in [0.15, 0.2) is 65.8 Å². The first-order chi connectivity index (χ1) is 20.4. The summed E-state index contributed by atoms with van der Waals surface area (Å²) in [6.45, 7) is 26.2. The van der Waals surface area contributed by atoms with E-state index in [1.54, 1.807) is 0 Å². The van der Waals surface area contributed by atoms with Crippen LogP contribution < -0.4 is 0 Å². The summed E-state index contributed by atoms with van der Waals surface area (Å²) in [6, 6.07) is 15.2. The number of rotatable bonds is 3. The lowest BCUT2D eigenvalue weighted by Crippen LogP contribution is -1.97. The smallest absolute Gasteiger partial charge is 0.0646 e. The minimum atomic E-state index is 0. The van der Waals surface area contributed by atoms with Gasteiger partial charge in [-0.05, 0) is 75.6 Å². The van der Waals surface area contributed by atoms with Gasteiger partial charge in [0.1, 0.15) is 0 Å². The molecule has 0 spiro atoms. The van der Waals surface area contributed by atoms with Crippen LogP contribution in [-0.2, 0) is 19.4 Å². The zero-order chi connectivity index (χ0) is 31.7. The molecule has 2 nitrogen and oxygen atoms in total. The summed E-state index contributed by atoms with van der Waals surface area (Å²) in [4.78, 5) is 8.67. The van der Waals surface area contributed by atoms with E-state index in [1.807, 2.05) is 54.0 Å². The fourth-order valence-corrected chi connectivity index (χ4v) is 5.15. The highest BCUT2D eigenvalue weighted by molar-refractivity contribution is 5.86. The molecule has 0 saturated heterocycles. The Morgan fingerprint density at radius 3 is 1.58 bits per heavy atom. The van der Waals surface area contributed by atoms with Gasteiger partial charge in [-0.1, -0.05) is 151 Å². The van der Waals surface area contributed by atoms with Crippen molar-refractivity contribution < 1.29 is 0 Å². The third kappa shape index (κ3) is 11.1. The zero-order valence-corrected chi connectivity index (χ0v) is 28.8. The Kier molecular flexibility index (Phi) is 19.8. The lowest BCUT2D eigenvalue weighted by Gasteiger charge is -2.10. The number of aliphatic imine (C=N–C) groups is 1. The van der Waals surface area contributed by atoms with Crippen molar-refractivity contribution in [1.82, 2.24) is 4.98 Å². The van der Waals surface area contributed by atoms with Gasteiger partial charge in [0, 0.05) is 18.0 Å². The lowest BCUT2D eigenvalue weighted by atomic mass is 9.95. The summed E-state index contributed by atoms with van der Waals surface area (Å²) >= 11 is 0. The molecule has 2 aliphatic carbocycles. The van der Waals surface area contributed by atoms with E-state index in [2.05, 4.69) is 118 Å². The van der Waals surface area contributed by atoms with E-state index in [4.69, 9.17) is 0 Å². The monoisotopic (exact) mass is 582 g/mol. The third-order valence-corrected chi connectivity index (χ3v) is 7.09. The molecule has 0 radical (unpaired) electrons. The van der Waals surface area contributed by atoms with Crippen molar-refractivity contribution in [2.24, 2.45) is 4.99 Å². The van der Waals surface area contributed by atoms with Crippen molar-refractivity contribution in [3.05, 3.63) is 111 Å². The number of fused-ring (bicyclic) bond motifs is 3. The molecule has 43 heavy (non-hydrogen) atoms. The summed E-state index contributed by atoms with van der Waals surface area (Å²) in [7, 11) is 0. The average Bonchev–Trinajstić information content (AvgIpc) is 3.81. The molecule has 0 amide bonds. The average molecular weight is 583 g/mol. The van der Waals surface area contributed by atoms with Crippen LogP contribution in [0.1, 0.15) is 158 Å². The van der Waals surface area contributed by atoms with Crippen LogP contribution >= 0.6 is 0 Å². The van der Waals surface area contributed by atoms with Crippen molar-refractivity contribution >= 4 is 18.4 Å². The van der Waals surface area contributed by atoms with Gasteiger partial charge in [-0.3, -0.25) is 9.98 Å². The Labute approximate surface area is 266 Å². The summed E-state index contributed by atoms with van der Waals surface area (Å²) in [5.74, 6) is 1.77. The van der Waals surface area contributed by atoms with Gasteiger partial charge < -0.3 is 0 Å². The fourth-order valence-electron chi connectivity index (χ4n) is 5.15. The number of hydrogen-bond acceptors (Lipinski definition) is 2. The van der Waals surface area contributed by atoms with Crippen LogP contribution in [0.5, 0.6) is 0 Å². The molecule has 0 atom stereocenters. The third-order valence-electron chi connectivity index (χ3n) is 7.09. The molecule has 6 rings (SSSR count). The van der Waals surface area contributed by atoms with Crippen molar-refractivity contribution in [2.45, 2.75) is 128 Å². The second-order valence-electron chi connectivity index (χ2n) is 10.8. The molecule has 1 aliphatic heterocycles. The largest absolute Gasteiger partial charge is 0.288 e. The van der Waals surface area contributed by atoms with Crippen molar-refractivity contribution in [2.75, 3.05) is 0 Å². The number of aromatic nitrogens is 1. The van der Waals surface area contributed by atoms with Gasteiger partial charge in [0.25, 0.3) is 0 Å². The van der Waals surface area contributed by atoms with Gasteiger partial charge in [0.2, 0.25) is 0 Å². The van der Waals surface area contributed by atoms with Crippen LogP contribution in [0, 0.1) is 0 Å². The molecule has 0 unspecified atom stereocenters. The second kappa shape index (κ2) is 21.4. The SMILES string of the molecule is C.CC.CC.CC.CC(C)c1cccc2c1C=CC2.CC(C)c1cccc2c1C=NC2.CC(C)c1nccc2c1C=CC2. The van der Waals surface area contributed by atoms with E-state index in [0.717, 1.165) is 19.4 Å². The Hall–Kier alpha value is -3.26. The maximum absolute atomic E-state index is 4.40. The quantitative estimate of drug-likeness (QED) is 0.301. The zero-order valence-electron chi connectivity index (χ0n) is 28.8. The number of nitrogens with zero attached hydrogens (tertiary/aromatic N) is 2. The van der Waals surface area contributed by atoms with Gasteiger partial charge in [0.05, 0.1) is 12.2 Å². The Bertz CT molecular complexity index is 1130. The topological polar surface area (TPSA) is 25.2 Å². The van der Waals surface area contributed by atoms with Gasteiger partial charge >= 0.3 is 0 Å². The Morgan fingerprint density at radius 2 is 1.05 bits per heavy atom. The van der Waals surface area contributed by atoms with E-state index in [9.17, 15) is 0 Å². The first kappa shape index (κ1) is 39.7. The normalized spacial score (nSPS) is 12.1. The molecule has 2 aromatic carbocycles. The van der Waals surface area contributed by atoms with Crippen molar-refractivity contribution in [1.29, 1.82) is 0 Å². The molecule has 236 valence electrons. The number of benzene rings is 2. The molecule has 0 saturated carbocycles. The van der Waals surface area contributed by atoms with Gasteiger partial charge in [0.15, 0.2) is 0 Å². The Balaban J connectivity index is 0.000000559. The second-order valence-corrected chi connectivity index (χ2v) is 10.8.